The maximum Gasteiger partial charge on any atom is 0.308 e. The van der Waals surface area contributed by atoms with Crippen LogP contribution in [0, 0.1) is 0 Å². The molecule has 4 aromatic rings. The van der Waals surface area contributed by atoms with Crippen molar-refractivity contribution in [2.45, 2.75) is 44.7 Å². The largest absolute Gasteiger partial charge is 0.493 e. The Morgan fingerprint density at radius 3 is 1.92 bits per heavy atom. The highest BCUT2D eigenvalue weighted by Crippen LogP contribution is 2.54. The normalized spacial score (nSPS) is 17.5. The molecule has 2 heterocycles. The van der Waals surface area contributed by atoms with E-state index < -0.39 is 5.97 Å². The molecule has 0 radical (unpaired) electrons. The number of hydrogen-bond acceptors (Lipinski definition) is 11. The fraction of sp³-hybridized carbons (Fsp3) is 0.405. The Morgan fingerprint density at radius 1 is 0.642 bits per heavy atom. The number of carbonyl (C=O) groups excluding carboxylic acids is 1. The zero-order valence-corrected chi connectivity index (χ0v) is 32.0. The minimum atomic E-state index is -0.464. The van der Waals surface area contributed by atoms with Gasteiger partial charge in [-0.2, -0.15) is 0 Å². The van der Waals surface area contributed by atoms with Gasteiger partial charge >= 0.3 is 5.97 Å². The molecule has 0 bridgehead atoms. The number of likely N-dealkylation sites (N-methyl/N-ethyl adjacent to an activating group) is 2. The van der Waals surface area contributed by atoms with E-state index in [9.17, 15) is 4.79 Å². The SMILES string of the molecule is COc1cc2c(cc1OC)[C@H](Cc1cc(OC)c(OC(C)=O)cc1Oc1cc3c(cc1OC)-c1c(OC)c(OC)cc4c1[C@H](C3)N(C)CC4)N(C)CC2. The van der Waals surface area contributed by atoms with Gasteiger partial charge in [-0.3, -0.25) is 14.6 Å². The van der Waals surface area contributed by atoms with E-state index in [1.165, 1.54) is 23.6 Å². The van der Waals surface area contributed by atoms with E-state index in [4.69, 9.17) is 37.9 Å². The average molecular weight is 725 g/mol. The molecule has 0 aromatic heterocycles. The molecule has 3 aliphatic rings. The number of ether oxygens (including phenoxy) is 8. The molecule has 280 valence electrons. The second-order valence-corrected chi connectivity index (χ2v) is 13.8. The van der Waals surface area contributed by atoms with E-state index in [1.807, 2.05) is 12.1 Å². The predicted molar refractivity (Wildman–Crippen MR) is 201 cm³/mol. The third kappa shape index (κ3) is 6.46. The minimum Gasteiger partial charge on any atom is -0.493 e. The monoisotopic (exact) mass is 724 g/mol. The Kier molecular flexibility index (Phi) is 10.1. The van der Waals surface area contributed by atoms with E-state index in [2.05, 4.69) is 48.2 Å². The van der Waals surface area contributed by atoms with Crippen molar-refractivity contribution >= 4 is 5.97 Å². The number of nitrogens with zero attached hydrogens (tertiary/aromatic N) is 2. The van der Waals surface area contributed by atoms with Gasteiger partial charge in [-0.25, -0.2) is 0 Å². The first-order valence-corrected chi connectivity index (χ1v) is 17.8. The Balaban J connectivity index is 1.36. The predicted octanol–water partition coefficient (Wildman–Crippen LogP) is 6.98. The average Bonchev–Trinajstić information content (AvgIpc) is 3.16. The molecule has 11 nitrogen and oxygen atoms in total. The van der Waals surface area contributed by atoms with Crippen LogP contribution in [0.15, 0.2) is 42.5 Å². The van der Waals surface area contributed by atoms with Crippen molar-refractivity contribution in [3.8, 4) is 62.9 Å². The number of methoxy groups -OCH3 is 6. The second-order valence-electron chi connectivity index (χ2n) is 13.8. The Labute approximate surface area is 311 Å². The molecule has 0 N–H and O–H groups in total. The van der Waals surface area contributed by atoms with Crippen molar-refractivity contribution in [2.75, 3.05) is 69.8 Å². The van der Waals surface area contributed by atoms with Crippen LogP contribution in [0.1, 0.15) is 52.4 Å². The smallest absolute Gasteiger partial charge is 0.308 e. The molecule has 0 spiro atoms. The number of hydrogen-bond donors (Lipinski definition) is 0. The van der Waals surface area contributed by atoms with Crippen LogP contribution in [0.3, 0.4) is 0 Å². The molecule has 0 unspecified atom stereocenters. The third-order valence-corrected chi connectivity index (χ3v) is 11.0. The molecule has 0 saturated carbocycles. The molecule has 7 rings (SSSR count). The van der Waals surface area contributed by atoms with Crippen molar-refractivity contribution < 1.29 is 42.7 Å². The quantitative estimate of drug-likeness (QED) is 0.118. The van der Waals surface area contributed by atoms with E-state index in [-0.39, 0.29) is 17.8 Å². The maximum absolute atomic E-state index is 12.2. The molecular weight excluding hydrogens is 676 g/mol. The van der Waals surface area contributed by atoms with Gasteiger partial charge in [0.1, 0.15) is 5.75 Å². The lowest BCUT2D eigenvalue weighted by molar-refractivity contribution is -0.132. The lowest BCUT2D eigenvalue weighted by atomic mass is 9.76. The van der Waals surface area contributed by atoms with Gasteiger partial charge in [0.2, 0.25) is 0 Å². The van der Waals surface area contributed by atoms with Gasteiger partial charge in [0.15, 0.2) is 46.0 Å². The van der Waals surface area contributed by atoms with Gasteiger partial charge in [-0.1, -0.05) is 0 Å². The first-order valence-electron chi connectivity index (χ1n) is 17.8. The van der Waals surface area contributed by atoms with Crippen LogP contribution >= 0.6 is 0 Å². The van der Waals surface area contributed by atoms with Crippen LogP contribution < -0.4 is 37.9 Å². The van der Waals surface area contributed by atoms with Crippen LogP contribution in [0.5, 0.6) is 51.7 Å². The van der Waals surface area contributed by atoms with Crippen LogP contribution in [0.2, 0.25) is 0 Å². The lowest BCUT2D eigenvalue weighted by Crippen LogP contribution is -2.35. The van der Waals surface area contributed by atoms with Gasteiger partial charge in [-0.05, 0) is 110 Å². The first kappa shape index (κ1) is 36.2. The summed E-state index contributed by atoms with van der Waals surface area (Å²) < 4.78 is 47.5. The summed E-state index contributed by atoms with van der Waals surface area (Å²) in [6, 6.07) is 14.1. The number of carbonyl (C=O) groups is 1. The zero-order valence-electron chi connectivity index (χ0n) is 32.0. The van der Waals surface area contributed by atoms with Gasteiger partial charge in [0, 0.05) is 49.3 Å². The van der Waals surface area contributed by atoms with Crippen molar-refractivity contribution in [3.63, 3.8) is 0 Å². The number of rotatable bonds is 11. The van der Waals surface area contributed by atoms with Gasteiger partial charge < -0.3 is 37.9 Å². The van der Waals surface area contributed by atoms with Gasteiger partial charge in [-0.15, -0.1) is 0 Å². The molecule has 4 aromatic carbocycles. The van der Waals surface area contributed by atoms with Gasteiger partial charge in [0.05, 0.1) is 42.7 Å². The topological polar surface area (TPSA) is 97.4 Å². The summed E-state index contributed by atoms with van der Waals surface area (Å²) in [4.78, 5) is 17.0. The third-order valence-electron chi connectivity index (χ3n) is 11.0. The Bertz CT molecular complexity index is 2060. The summed E-state index contributed by atoms with van der Waals surface area (Å²) >= 11 is 0. The number of benzene rings is 4. The Morgan fingerprint density at radius 2 is 1.25 bits per heavy atom. The first-order chi connectivity index (χ1) is 25.6. The van der Waals surface area contributed by atoms with Crippen molar-refractivity contribution in [1.29, 1.82) is 0 Å². The van der Waals surface area contributed by atoms with Crippen LogP contribution in [0.25, 0.3) is 11.1 Å². The highest BCUT2D eigenvalue weighted by Gasteiger charge is 2.37. The fourth-order valence-electron chi connectivity index (χ4n) is 8.28. The van der Waals surface area contributed by atoms with Crippen molar-refractivity contribution in [1.82, 2.24) is 9.80 Å². The lowest BCUT2D eigenvalue weighted by Gasteiger charge is -2.40. The van der Waals surface area contributed by atoms with Crippen molar-refractivity contribution in [2.24, 2.45) is 0 Å². The summed E-state index contributed by atoms with van der Waals surface area (Å²) in [7, 11) is 14.2. The molecule has 11 heteroatoms. The summed E-state index contributed by atoms with van der Waals surface area (Å²) in [6.45, 7) is 3.16. The molecule has 53 heavy (non-hydrogen) atoms. The molecule has 0 fully saturated rings. The Hall–Kier alpha value is -5.13. The highest BCUT2D eigenvalue weighted by molar-refractivity contribution is 5.85. The maximum atomic E-state index is 12.2. The van der Waals surface area contributed by atoms with Gasteiger partial charge in [0.25, 0.3) is 0 Å². The zero-order chi connectivity index (χ0) is 37.6. The standard InChI is InChI=1S/C42H48N2O9/c1-23(45)52-38-22-32(27(19-34(38)47-5)15-30-28-20-35(48-6)33(46-4)16-24(28)10-12-43(30)2)53-37-18-26-14-31-40-25(11-13-44(31)3)17-39(50-8)42(51-9)41(40)29(26)21-36(37)49-7/h16-22,30-31H,10-15H2,1-9H3/t30-,31-/m0/s1. The molecular formula is C42H48N2O9. The van der Waals surface area contributed by atoms with Crippen molar-refractivity contribution in [3.05, 3.63) is 75.8 Å². The van der Waals surface area contributed by atoms with Crippen LogP contribution in [0.4, 0.5) is 0 Å². The fourth-order valence-corrected chi connectivity index (χ4v) is 8.28. The van der Waals surface area contributed by atoms with E-state index in [0.717, 1.165) is 60.2 Å². The van der Waals surface area contributed by atoms with Crippen LogP contribution in [-0.2, 0) is 30.5 Å². The number of esters is 1. The van der Waals surface area contributed by atoms with Crippen LogP contribution in [-0.4, -0.2) is 85.6 Å². The number of fused-ring (bicyclic) bond motifs is 3. The van der Waals surface area contributed by atoms with E-state index in [1.54, 1.807) is 48.7 Å². The molecule has 2 aliphatic heterocycles. The highest BCUT2D eigenvalue weighted by atomic mass is 16.6. The summed E-state index contributed by atoms with van der Waals surface area (Å²) in [5.74, 6) is 4.65. The molecule has 0 amide bonds. The molecule has 1 aliphatic carbocycles. The van der Waals surface area contributed by atoms with E-state index >= 15 is 0 Å². The second kappa shape index (κ2) is 14.7. The van der Waals surface area contributed by atoms with E-state index in [0.29, 0.717) is 52.4 Å². The summed E-state index contributed by atoms with van der Waals surface area (Å²) in [5, 5.41) is 0. The minimum absolute atomic E-state index is 0.0226. The molecule has 0 saturated heterocycles. The molecule has 2 atom stereocenters. The summed E-state index contributed by atoms with van der Waals surface area (Å²) in [5.41, 5.74) is 8.91. The summed E-state index contributed by atoms with van der Waals surface area (Å²) in [6.07, 6.45) is 3.16.